The molecular formula is C9H10BO2. The standard InChI is InChI=1S/C9H10BO2/c1-10-9(11)12-7-8-5-3-2-4-6-8/h2-6H,7H2,1H3. The van der Waals surface area contributed by atoms with Crippen LogP contribution in [0.1, 0.15) is 5.56 Å². The number of carbonyl (C=O) groups is 1. The van der Waals surface area contributed by atoms with Gasteiger partial charge in [-0.3, -0.25) is 4.79 Å². The first-order valence-electron chi connectivity index (χ1n) is 3.83. The van der Waals surface area contributed by atoms with Crippen LogP contribution in [-0.4, -0.2) is 13.1 Å². The van der Waals surface area contributed by atoms with Gasteiger partial charge in [-0.05, 0) is 5.56 Å². The molecule has 0 atom stereocenters. The Bertz CT molecular complexity index is 246. The van der Waals surface area contributed by atoms with Crippen molar-refractivity contribution in [3.05, 3.63) is 35.9 Å². The van der Waals surface area contributed by atoms with E-state index in [4.69, 9.17) is 4.74 Å². The fourth-order valence-electron chi connectivity index (χ4n) is 0.812. The summed E-state index contributed by atoms with van der Waals surface area (Å²) < 4.78 is 4.88. The van der Waals surface area contributed by atoms with Gasteiger partial charge in [0.25, 0.3) is 7.28 Å². The molecule has 0 unspecified atom stereocenters. The quantitative estimate of drug-likeness (QED) is 0.634. The maximum Gasteiger partial charge on any atom is 0.257 e. The number of hydrogen-bond donors (Lipinski definition) is 0. The van der Waals surface area contributed by atoms with Crippen molar-refractivity contribution in [3.8, 4) is 0 Å². The van der Waals surface area contributed by atoms with E-state index in [2.05, 4.69) is 0 Å². The van der Waals surface area contributed by atoms with E-state index in [1.807, 2.05) is 30.3 Å². The van der Waals surface area contributed by atoms with Crippen molar-refractivity contribution in [1.29, 1.82) is 0 Å². The van der Waals surface area contributed by atoms with E-state index in [-0.39, 0.29) is 5.87 Å². The first-order valence-corrected chi connectivity index (χ1v) is 3.83. The van der Waals surface area contributed by atoms with Gasteiger partial charge in [0, 0.05) is 0 Å². The Kier molecular flexibility index (Phi) is 3.39. The highest BCUT2D eigenvalue weighted by molar-refractivity contribution is 6.70. The van der Waals surface area contributed by atoms with Crippen LogP contribution in [0.5, 0.6) is 0 Å². The number of ether oxygens (including phenoxy) is 1. The van der Waals surface area contributed by atoms with Gasteiger partial charge in [-0.1, -0.05) is 37.2 Å². The Morgan fingerprint density at radius 3 is 2.67 bits per heavy atom. The molecule has 0 fully saturated rings. The number of carbonyl (C=O) groups excluding carboxylic acids is 1. The van der Waals surface area contributed by atoms with Gasteiger partial charge in [-0.2, -0.15) is 0 Å². The second-order valence-electron chi connectivity index (χ2n) is 2.38. The average Bonchev–Trinajstić information content (AvgIpc) is 2.16. The SMILES string of the molecule is C[B]C(=O)OCc1ccccc1. The lowest BCUT2D eigenvalue weighted by molar-refractivity contribution is 0.166. The minimum atomic E-state index is -0.279. The monoisotopic (exact) mass is 161 g/mol. The lowest BCUT2D eigenvalue weighted by Crippen LogP contribution is -2.07. The van der Waals surface area contributed by atoms with Crippen molar-refractivity contribution in [2.45, 2.75) is 13.4 Å². The van der Waals surface area contributed by atoms with E-state index in [0.29, 0.717) is 6.61 Å². The van der Waals surface area contributed by atoms with E-state index in [1.54, 1.807) is 6.82 Å². The predicted molar refractivity (Wildman–Crippen MR) is 48.2 cm³/mol. The fourth-order valence-corrected chi connectivity index (χ4v) is 0.812. The maximum absolute atomic E-state index is 10.7. The molecule has 1 rings (SSSR count). The summed E-state index contributed by atoms with van der Waals surface area (Å²) in [4.78, 5) is 10.7. The third kappa shape index (κ3) is 2.78. The number of benzene rings is 1. The molecule has 3 heteroatoms. The molecule has 0 aromatic heterocycles. The van der Waals surface area contributed by atoms with Gasteiger partial charge >= 0.3 is 0 Å². The van der Waals surface area contributed by atoms with E-state index >= 15 is 0 Å². The largest absolute Gasteiger partial charge is 0.469 e. The molecule has 0 aliphatic rings. The summed E-state index contributed by atoms with van der Waals surface area (Å²) in [5, 5.41) is 0. The van der Waals surface area contributed by atoms with Crippen molar-refractivity contribution in [2.24, 2.45) is 0 Å². The second-order valence-corrected chi connectivity index (χ2v) is 2.38. The first kappa shape index (κ1) is 8.85. The van der Waals surface area contributed by atoms with E-state index < -0.39 is 0 Å². The van der Waals surface area contributed by atoms with Crippen LogP contribution in [-0.2, 0) is 11.3 Å². The summed E-state index contributed by atoms with van der Waals surface area (Å²) >= 11 is 0. The highest BCUT2D eigenvalue weighted by Gasteiger charge is 1.98. The normalized spacial score (nSPS) is 9.08. The van der Waals surface area contributed by atoms with Gasteiger partial charge in [0.2, 0.25) is 5.87 Å². The lowest BCUT2D eigenvalue weighted by Gasteiger charge is -2.01. The van der Waals surface area contributed by atoms with Crippen LogP contribution in [0, 0.1) is 0 Å². The third-order valence-corrected chi connectivity index (χ3v) is 1.46. The van der Waals surface area contributed by atoms with Crippen LogP contribution in [0.15, 0.2) is 30.3 Å². The van der Waals surface area contributed by atoms with E-state index in [0.717, 1.165) is 5.56 Å². The van der Waals surface area contributed by atoms with E-state index in [9.17, 15) is 4.79 Å². The molecule has 0 amide bonds. The van der Waals surface area contributed by atoms with Crippen molar-refractivity contribution in [3.63, 3.8) is 0 Å². The van der Waals surface area contributed by atoms with E-state index in [1.165, 1.54) is 7.28 Å². The van der Waals surface area contributed by atoms with Crippen molar-refractivity contribution < 1.29 is 9.53 Å². The molecule has 2 nitrogen and oxygen atoms in total. The fraction of sp³-hybridized carbons (Fsp3) is 0.222. The maximum atomic E-state index is 10.7. The number of rotatable bonds is 3. The summed E-state index contributed by atoms with van der Waals surface area (Å²) in [6, 6.07) is 9.60. The molecule has 1 radical (unpaired) electrons. The molecule has 1 aromatic carbocycles. The highest BCUT2D eigenvalue weighted by Crippen LogP contribution is 2.00. The molecule has 0 aliphatic carbocycles. The molecule has 0 N–H and O–H groups in total. The summed E-state index contributed by atoms with van der Waals surface area (Å²) in [6.45, 7) is 2.01. The molecular weight excluding hydrogens is 151 g/mol. The Morgan fingerprint density at radius 2 is 2.08 bits per heavy atom. The Hall–Kier alpha value is -1.25. The summed E-state index contributed by atoms with van der Waals surface area (Å²) in [7, 11) is 1.41. The third-order valence-electron chi connectivity index (χ3n) is 1.46. The zero-order valence-electron chi connectivity index (χ0n) is 6.99. The first-order chi connectivity index (χ1) is 5.83. The Labute approximate surface area is 72.8 Å². The summed E-state index contributed by atoms with van der Waals surface area (Å²) in [5.74, 6) is -0.279. The molecule has 0 aliphatic heterocycles. The average molecular weight is 161 g/mol. The zero-order valence-corrected chi connectivity index (χ0v) is 6.99. The predicted octanol–water partition coefficient (Wildman–Crippen LogP) is 2.08. The van der Waals surface area contributed by atoms with Crippen molar-refractivity contribution in [1.82, 2.24) is 0 Å². The van der Waals surface area contributed by atoms with Crippen LogP contribution < -0.4 is 0 Å². The molecule has 0 saturated heterocycles. The van der Waals surface area contributed by atoms with Crippen LogP contribution in [0.2, 0.25) is 6.82 Å². The molecule has 61 valence electrons. The molecule has 0 heterocycles. The Morgan fingerprint density at radius 1 is 1.42 bits per heavy atom. The van der Waals surface area contributed by atoms with Gasteiger partial charge in [-0.15, -0.1) is 0 Å². The molecule has 0 spiro atoms. The van der Waals surface area contributed by atoms with Gasteiger partial charge in [0.05, 0.1) is 0 Å². The summed E-state index contributed by atoms with van der Waals surface area (Å²) in [5.41, 5.74) is 1.01. The molecule has 0 bridgehead atoms. The van der Waals surface area contributed by atoms with Gasteiger partial charge in [0.15, 0.2) is 0 Å². The minimum Gasteiger partial charge on any atom is -0.469 e. The highest BCUT2D eigenvalue weighted by atomic mass is 16.5. The van der Waals surface area contributed by atoms with Gasteiger partial charge < -0.3 is 4.74 Å². The lowest BCUT2D eigenvalue weighted by atomic mass is 9.83. The smallest absolute Gasteiger partial charge is 0.257 e. The molecule has 1 aromatic rings. The van der Waals surface area contributed by atoms with Gasteiger partial charge in [0.1, 0.15) is 6.61 Å². The molecule has 12 heavy (non-hydrogen) atoms. The van der Waals surface area contributed by atoms with Crippen LogP contribution in [0.25, 0.3) is 0 Å². The Balaban J connectivity index is 2.38. The van der Waals surface area contributed by atoms with Crippen LogP contribution in [0.4, 0.5) is 4.79 Å². The van der Waals surface area contributed by atoms with Gasteiger partial charge in [-0.25, -0.2) is 0 Å². The molecule has 0 saturated carbocycles. The summed E-state index contributed by atoms with van der Waals surface area (Å²) in [6.07, 6.45) is 0. The van der Waals surface area contributed by atoms with Crippen LogP contribution >= 0.6 is 0 Å². The minimum absolute atomic E-state index is 0.279. The van der Waals surface area contributed by atoms with Crippen molar-refractivity contribution in [2.75, 3.05) is 0 Å². The second kappa shape index (κ2) is 4.60. The van der Waals surface area contributed by atoms with Crippen LogP contribution in [0.3, 0.4) is 0 Å². The van der Waals surface area contributed by atoms with Crippen molar-refractivity contribution >= 4 is 13.1 Å². The number of hydrogen-bond acceptors (Lipinski definition) is 2. The topological polar surface area (TPSA) is 26.3 Å². The zero-order chi connectivity index (χ0) is 8.81.